The summed E-state index contributed by atoms with van der Waals surface area (Å²) in [5.74, 6) is 0.461. The predicted molar refractivity (Wildman–Crippen MR) is 84.0 cm³/mol. The zero-order valence-electron chi connectivity index (χ0n) is 11.6. The van der Waals surface area contributed by atoms with Crippen LogP contribution in [0.15, 0.2) is 53.0 Å². The Morgan fingerprint density at radius 2 is 1.81 bits per heavy atom. The van der Waals surface area contributed by atoms with E-state index in [9.17, 15) is 8.42 Å². The summed E-state index contributed by atoms with van der Waals surface area (Å²) in [5.41, 5.74) is 2.04. The van der Waals surface area contributed by atoms with Gasteiger partial charge in [0.05, 0.1) is 9.77 Å². The van der Waals surface area contributed by atoms with E-state index in [1.54, 1.807) is 24.3 Å². The van der Waals surface area contributed by atoms with E-state index in [-0.39, 0.29) is 4.90 Å². The second-order valence-electron chi connectivity index (χ2n) is 4.80. The summed E-state index contributed by atoms with van der Waals surface area (Å²) >= 11 is 1.49. The van der Waals surface area contributed by atoms with Gasteiger partial charge in [0.15, 0.2) is 5.82 Å². The third kappa shape index (κ3) is 2.41. The highest BCUT2D eigenvalue weighted by molar-refractivity contribution is 7.90. The van der Waals surface area contributed by atoms with Gasteiger partial charge in [-0.15, -0.1) is 11.3 Å². The van der Waals surface area contributed by atoms with Gasteiger partial charge >= 0.3 is 0 Å². The minimum Gasteiger partial charge on any atom is -0.235 e. The van der Waals surface area contributed by atoms with E-state index in [0.717, 1.165) is 16.0 Å². The lowest BCUT2D eigenvalue weighted by Crippen LogP contribution is -2.13. The van der Waals surface area contributed by atoms with Gasteiger partial charge in [-0.2, -0.15) is 0 Å². The van der Waals surface area contributed by atoms with Gasteiger partial charge in [-0.3, -0.25) is 0 Å². The number of aromatic nitrogens is 2. The van der Waals surface area contributed by atoms with Crippen LogP contribution in [0.3, 0.4) is 0 Å². The smallest absolute Gasteiger partial charge is 0.235 e. The van der Waals surface area contributed by atoms with Crippen molar-refractivity contribution in [2.45, 2.75) is 18.7 Å². The summed E-state index contributed by atoms with van der Waals surface area (Å²) in [4.78, 5) is 5.36. The number of rotatable bonds is 3. The fraction of sp³-hybridized carbons (Fsp3) is 0.133. The molecule has 3 aromatic rings. The van der Waals surface area contributed by atoms with Crippen LogP contribution in [-0.4, -0.2) is 17.4 Å². The molecule has 0 aliphatic heterocycles. The molecule has 0 amide bonds. The number of aryl methyl sites for hydroxylation is 2. The van der Waals surface area contributed by atoms with Crippen molar-refractivity contribution in [3.05, 3.63) is 59.2 Å². The van der Waals surface area contributed by atoms with Crippen LogP contribution in [0.2, 0.25) is 0 Å². The Balaban J connectivity index is 2.15. The Bertz CT molecular complexity index is 875. The van der Waals surface area contributed by atoms with Crippen LogP contribution >= 0.6 is 11.3 Å². The van der Waals surface area contributed by atoms with Gasteiger partial charge in [-0.05, 0) is 43.0 Å². The van der Waals surface area contributed by atoms with Crippen LogP contribution in [0.4, 0.5) is 0 Å². The zero-order chi connectivity index (χ0) is 15.0. The van der Waals surface area contributed by atoms with Crippen molar-refractivity contribution in [1.29, 1.82) is 0 Å². The molecule has 4 nitrogen and oxygen atoms in total. The number of nitrogens with zero attached hydrogens (tertiary/aromatic N) is 2. The van der Waals surface area contributed by atoms with Crippen molar-refractivity contribution in [1.82, 2.24) is 8.96 Å². The molecule has 0 atom stereocenters. The number of thiophene rings is 1. The fourth-order valence-electron chi connectivity index (χ4n) is 2.07. The van der Waals surface area contributed by atoms with E-state index < -0.39 is 10.0 Å². The van der Waals surface area contributed by atoms with Crippen molar-refractivity contribution < 1.29 is 8.42 Å². The van der Waals surface area contributed by atoms with Gasteiger partial charge in [0.1, 0.15) is 0 Å². The summed E-state index contributed by atoms with van der Waals surface area (Å²) in [6, 6.07) is 8.78. The molecule has 0 radical (unpaired) electrons. The average Bonchev–Trinajstić information content (AvgIpc) is 3.07. The zero-order valence-corrected chi connectivity index (χ0v) is 13.3. The third-order valence-electron chi connectivity index (χ3n) is 3.25. The van der Waals surface area contributed by atoms with E-state index in [2.05, 4.69) is 4.98 Å². The summed E-state index contributed by atoms with van der Waals surface area (Å²) in [5, 5.41) is 1.93. The van der Waals surface area contributed by atoms with Gasteiger partial charge in [0.25, 0.3) is 10.0 Å². The Hall–Kier alpha value is -1.92. The molecule has 1 aromatic carbocycles. The van der Waals surface area contributed by atoms with Crippen molar-refractivity contribution in [3.63, 3.8) is 0 Å². The summed E-state index contributed by atoms with van der Waals surface area (Å²) in [6.07, 6.45) is 3.00. The molecule has 0 N–H and O–H groups in total. The molecule has 21 heavy (non-hydrogen) atoms. The third-order valence-corrected chi connectivity index (χ3v) is 5.94. The summed E-state index contributed by atoms with van der Waals surface area (Å²) in [7, 11) is -3.63. The SMILES string of the molecule is Cc1ccc(S(=O)(=O)n2ccnc2-c2sccc2C)cc1. The van der Waals surface area contributed by atoms with Gasteiger partial charge in [0, 0.05) is 12.4 Å². The molecule has 2 aromatic heterocycles. The number of hydrogen-bond donors (Lipinski definition) is 0. The second kappa shape index (κ2) is 5.13. The lowest BCUT2D eigenvalue weighted by molar-refractivity contribution is 0.588. The molecule has 0 bridgehead atoms. The Kier molecular flexibility index (Phi) is 3.43. The minimum absolute atomic E-state index is 0.265. The lowest BCUT2D eigenvalue weighted by atomic mass is 10.2. The van der Waals surface area contributed by atoms with Crippen LogP contribution in [-0.2, 0) is 10.0 Å². The second-order valence-corrected chi connectivity index (χ2v) is 7.53. The first-order valence-corrected chi connectivity index (χ1v) is 8.72. The largest absolute Gasteiger partial charge is 0.269 e. The first kappa shape index (κ1) is 14.0. The molecule has 0 spiro atoms. The number of benzene rings is 1. The van der Waals surface area contributed by atoms with Crippen molar-refractivity contribution in [2.75, 3.05) is 0 Å². The van der Waals surface area contributed by atoms with E-state index in [1.807, 2.05) is 25.3 Å². The summed E-state index contributed by atoms with van der Waals surface area (Å²) < 4.78 is 26.8. The molecule has 3 rings (SSSR count). The molecule has 0 aliphatic rings. The van der Waals surface area contributed by atoms with E-state index in [4.69, 9.17) is 0 Å². The molecule has 0 saturated heterocycles. The Morgan fingerprint density at radius 3 is 2.43 bits per heavy atom. The van der Waals surface area contributed by atoms with E-state index in [1.165, 1.54) is 27.7 Å². The van der Waals surface area contributed by atoms with E-state index >= 15 is 0 Å². The maximum Gasteiger partial charge on any atom is 0.269 e. The van der Waals surface area contributed by atoms with E-state index in [0.29, 0.717) is 5.82 Å². The number of imidazole rings is 1. The Labute approximate surface area is 127 Å². The fourth-order valence-corrected chi connectivity index (χ4v) is 4.33. The van der Waals surface area contributed by atoms with Crippen LogP contribution in [0.5, 0.6) is 0 Å². The van der Waals surface area contributed by atoms with Crippen molar-refractivity contribution in [3.8, 4) is 10.7 Å². The molecule has 0 aliphatic carbocycles. The molecule has 0 saturated carbocycles. The topological polar surface area (TPSA) is 52.0 Å². The molecule has 2 heterocycles. The minimum atomic E-state index is -3.63. The molecule has 0 unspecified atom stereocenters. The van der Waals surface area contributed by atoms with Crippen LogP contribution < -0.4 is 0 Å². The van der Waals surface area contributed by atoms with Gasteiger partial charge in [-0.25, -0.2) is 17.4 Å². The Morgan fingerprint density at radius 1 is 1.10 bits per heavy atom. The van der Waals surface area contributed by atoms with Crippen LogP contribution in [0, 0.1) is 13.8 Å². The van der Waals surface area contributed by atoms with Crippen LogP contribution in [0.25, 0.3) is 10.7 Å². The highest BCUT2D eigenvalue weighted by Gasteiger charge is 2.22. The molecular formula is C15H14N2O2S2. The normalized spacial score (nSPS) is 11.7. The standard InChI is InChI=1S/C15H14N2O2S2/c1-11-3-5-13(6-4-11)21(18,19)17-9-8-16-15(17)14-12(2)7-10-20-14/h3-10H,1-2H3. The molecule has 6 heteroatoms. The van der Waals surface area contributed by atoms with Crippen molar-refractivity contribution >= 4 is 21.4 Å². The highest BCUT2D eigenvalue weighted by Crippen LogP contribution is 2.29. The monoisotopic (exact) mass is 318 g/mol. The predicted octanol–water partition coefficient (Wildman–Crippen LogP) is 3.47. The first-order valence-electron chi connectivity index (χ1n) is 6.40. The van der Waals surface area contributed by atoms with Crippen molar-refractivity contribution in [2.24, 2.45) is 0 Å². The van der Waals surface area contributed by atoms with Gasteiger partial charge in [0.2, 0.25) is 0 Å². The lowest BCUT2D eigenvalue weighted by Gasteiger charge is -2.09. The maximum atomic E-state index is 12.8. The van der Waals surface area contributed by atoms with Gasteiger partial charge < -0.3 is 0 Å². The molecule has 108 valence electrons. The van der Waals surface area contributed by atoms with Gasteiger partial charge in [-0.1, -0.05) is 17.7 Å². The summed E-state index contributed by atoms with van der Waals surface area (Å²) in [6.45, 7) is 3.87. The maximum absolute atomic E-state index is 12.8. The van der Waals surface area contributed by atoms with Crippen LogP contribution in [0.1, 0.15) is 11.1 Å². The average molecular weight is 318 g/mol. The first-order chi connectivity index (χ1) is 10.00. The number of hydrogen-bond acceptors (Lipinski definition) is 4. The highest BCUT2D eigenvalue weighted by atomic mass is 32.2. The molecular weight excluding hydrogens is 304 g/mol. The molecule has 0 fully saturated rings. The quantitative estimate of drug-likeness (QED) is 0.743.